The van der Waals surface area contributed by atoms with E-state index in [2.05, 4.69) is 15.6 Å². The predicted molar refractivity (Wildman–Crippen MR) is 86.5 cm³/mol. The zero-order chi connectivity index (χ0) is 16.1. The molecule has 6 nitrogen and oxygen atoms in total. The van der Waals surface area contributed by atoms with E-state index in [1.165, 1.54) is 0 Å². The molecule has 1 aromatic heterocycles. The van der Waals surface area contributed by atoms with Crippen molar-refractivity contribution in [2.45, 2.75) is 31.8 Å². The summed E-state index contributed by atoms with van der Waals surface area (Å²) in [6.45, 7) is 0.832. The first kappa shape index (κ1) is 15.3. The van der Waals surface area contributed by atoms with E-state index in [0.29, 0.717) is 13.0 Å². The van der Waals surface area contributed by atoms with E-state index in [1.807, 2.05) is 30.3 Å². The second kappa shape index (κ2) is 7.09. The Bertz CT molecular complexity index is 681. The summed E-state index contributed by atoms with van der Waals surface area (Å²) in [4.78, 5) is 28.5. The van der Waals surface area contributed by atoms with Crippen molar-refractivity contribution in [3.8, 4) is 11.4 Å². The zero-order valence-electron chi connectivity index (χ0n) is 12.9. The lowest BCUT2D eigenvalue weighted by Gasteiger charge is -2.16. The number of carbonyl (C=O) groups excluding carboxylic acids is 2. The summed E-state index contributed by atoms with van der Waals surface area (Å²) in [5.41, 5.74) is 0.956. The summed E-state index contributed by atoms with van der Waals surface area (Å²) in [5, 5.41) is 5.65. The minimum atomic E-state index is -0.436. The fraction of sp³-hybridized carbons (Fsp3) is 0.353. The molecule has 6 heteroatoms. The lowest BCUT2D eigenvalue weighted by molar-refractivity contribution is -0.129. The van der Waals surface area contributed by atoms with Gasteiger partial charge in [-0.15, -0.1) is 0 Å². The Labute approximate surface area is 134 Å². The predicted octanol–water partition coefficient (Wildman–Crippen LogP) is 1.33. The van der Waals surface area contributed by atoms with Crippen LogP contribution in [0.3, 0.4) is 0 Å². The maximum atomic E-state index is 12.3. The number of aromatic nitrogens is 2. The molecule has 1 saturated heterocycles. The van der Waals surface area contributed by atoms with Crippen molar-refractivity contribution >= 4 is 11.8 Å². The Morgan fingerprint density at radius 1 is 1.30 bits per heavy atom. The molecule has 0 radical (unpaired) electrons. The van der Waals surface area contributed by atoms with Crippen LogP contribution >= 0.6 is 0 Å². The van der Waals surface area contributed by atoms with Crippen molar-refractivity contribution in [3.05, 3.63) is 42.7 Å². The van der Waals surface area contributed by atoms with Crippen LogP contribution in [0.4, 0.5) is 0 Å². The van der Waals surface area contributed by atoms with Gasteiger partial charge < -0.3 is 15.2 Å². The van der Waals surface area contributed by atoms with Gasteiger partial charge in [0.15, 0.2) is 0 Å². The summed E-state index contributed by atoms with van der Waals surface area (Å²) < 4.78 is 1.79. The standard InChI is InChI=1S/C17H20N4O2/c22-15(20-14-8-4-5-9-19-17(14)23)12-21-11-10-18-16(21)13-6-2-1-3-7-13/h1-3,6-7,10-11,14H,4-5,8-9,12H2,(H,19,23)(H,20,22)/t14-/m1/s1. The molecule has 0 spiro atoms. The lowest BCUT2D eigenvalue weighted by Crippen LogP contribution is -2.46. The number of benzene rings is 1. The minimum Gasteiger partial charge on any atom is -0.354 e. The molecule has 23 heavy (non-hydrogen) atoms. The largest absolute Gasteiger partial charge is 0.354 e. The summed E-state index contributed by atoms with van der Waals surface area (Å²) in [6.07, 6.45) is 6.03. The van der Waals surface area contributed by atoms with Gasteiger partial charge in [-0.05, 0) is 19.3 Å². The van der Waals surface area contributed by atoms with E-state index < -0.39 is 6.04 Å². The Hall–Kier alpha value is -2.63. The summed E-state index contributed by atoms with van der Waals surface area (Å²) in [7, 11) is 0. The van der Waals surface area contributed by atoms with E-state index in [-0.39, 0.29) is 18.4 Å². The van der Waals surface area contributed by atoms with Gasteiger partial charge in [0, 0.05) is 24.5 Å². The molecule has 2 heterocycles. The van der Waals surface area contributed by atoms with Crippen LogP contribution in [0.1, 0.15) is 19.3 Å². The number of nitrogens with one attached hydrogen (secondary N) is 2. The number of hydrogen-bond donors (Lipinski definition) is 2. The quantitative estimate of drug-likeness (QED) is 0.894. The fourth-order valence-corrected chi connectivity index (χ4v) is 2.76. The highest BCUT2D eigenvalue weighted by Gasteiger charge is 2.22. The molecule has 2 aromatic rings. The molecule has 3 rings (SSSR count). The summed E-state index contributed by atoms with van der Waals surface area (Å²) >= 11 is 0. The van der Waals surface area contributed by atoms with Gasteiger partial charge in [-0.25, -0.2) is 4.98 Å². The second-order valence-corrected chi connectivity index (χ2v) is 5.65. The van der Waals surface area contributed by atoms with Crippen LogP contribution in [-0.4, -0.2) is 34.0 Å². The summed E-state index contributed by atoms with van der Waals surface area (Å²) in [5.74, 6) is 0.470. The third-order valence-corrected chi connectivity index (χ3v) is 3.93. The highest BCUT2D eigenvalue weighted by Crippen LogP contribution is 2.16. The molecule has 0 bridgehead atoms. The van der Waals surface area contributed by atoms with E-state index >= 15 is 0 Å². The average Bonchev–Trinajstić information content (AvgIpc) is 2.92. The normalized spacial score (nSPS) is 18.1. The second-order valence-electron chi connectivity index (χ2n) is 5.65. The zero-order valence-corrected chi connectivity index (χ0v) is 12.9. The average molecular weight is 312 g/mol. The van der Waals surface area contributed by atoms with Gasteiger partial charge in [0.05, 0.1) is 0 Å². The molecule has 1 aromatic carbocycles. The van der Waals surface area contributed by atoms with Gasteiger partial charge in [-0.3, -0.25) is 9.59 Å². The van der Waals surface area contributed by atoms with Gasteiger partial charge in [0.25, 0.3) is 0 Å². The monoisotopic (exact) mass is 312 g/mol. The van der Waals surface area contributed by atoms with Crippen molar-refractivity contribution < 1.29 is 9.59 Å². The van der Waals surface area contributed by atoms with Gasteiger partial charge in [-0.1, -0.05) is 30.3 Å². The molecule has 120 valence electrons. The molecule has 1 atom stereocenters. The van der Waals surface area contributed by atoms with Crippen LogP contribution in [-0.2, 0) is 16.1 Å². The molecule has 2 N–H and O–H groups in total. The van der Waals surface area contributed by atoms with Crippen LogP contribution in [0, 0.1) is 0 Å². The first-order valence-electron chi connectivity index (χ1n) is 7.87. The molecule has 1 aliphatic rings. The Morgan fingerprint density at radius 2 is 2.13 bits per heavy atom. The Kier molecular flexibility index (Phi) is 4.71. The fourth-order valence-electron chi connectivity index (χ4n) is 2.76. The van der Waals surface area contributed by atoms with E-state index in [9.17, 15) is 9.59 Å². The van der Waals surface area contributed by atoms with Crippen molar-refractivity contribution in [1.29, 1.82) is 0 Å². The molecule has 0 saturated carbocycles. The van der Waals surface area contributed by atoms with Crippen molar-refractivity contribution in [1.82, 2.24) is 20.2 Å². The Balaban J connectivity index is 1.67. The highest BCUT2D eigenvalue weighted by molar-refractivity contribution is 5.87. The lowest BCUT2D eigenvalue weighted by atomic mass is 10.1. The highest BCUT2D eigenvalue weighted by atomic mass is 16.2. The van der Waals surface area contributed by atoms with Crippen LogP contribution in [0.5, 0.6) is 0 Å². The number of imidazole rings is 1. The number of hydrogen-bond acceptors (Lipinski definition) is 3. The maximum absolute atomic E-state index is 12.3. The van der Waals surface area contributed by atoms with Crippen molar-refractivity contribution in [2.75, 3.05) is 6.54 Å². The molecule has 0 unspecified atom stereocenters. The number of rotatable bonds is 4. The first-order chi connectivity index (χ1) is 11.2. The third kappa shape index (κ3) is 3.77. The van der Waals surface area contributed by atoms with Crippen LogP contribution < -0.4 is 10.6 Å². The SMILES string of the molecule is O=C(Cn1ccnc1-c1ccccc1)N[C@@H]1CCCCNC1=O. The molecule has 1 fully saturated rings. The first-order valence-corrected chi connectivity index (χ1v) is 7.87. The molecule has 0 aliphatic carbocycles. The van der Waals surface area contributed by atoms with Crippen molar-refractivity contribution in [2.24, 2.45) is 0 Å². The number of carbonyl (C=O) groups is 2. The number of nitrogens with zero attached hydrogens (tertiary/aromatic N) is 2. The van der Waals surface area contributed by atoms with Gasteiger partial charge >= 0.3 is 0 Å². The Morgan fingerprint density at radius 3 is 2.96 bits per heavy atom. The van der Waals surface area contributed by atoms with Crippen LogP contribution in [0.15, 0.2) is 42.7 Å². The van der Waals surface area contributed by atoms with E-state index in [4.69, 9.17) is 0 Å². The van der Waals surface area contributed by atoms with E-state index in [0.717, 1.165) is 24.2 Å². The molecular weight excluding hydrogens is 292 g/mol. The van der Waals surface area contributed by atoms with Gasteiger partial charge in [-0.2, -0.15) is 0 Å². The third-order valence-electron chi connectivity index (χ3n) is 3.93. The van der Waals surface area contributed by atoms with Crippen LogP contribution in [0.25, 0.3) is 11.4 Å². The smallest absolute Gasteiger partial charge is 0.242 e. The molecule has 2 amide bonds. The number of amides is 2. The topological polar surface area (TPSA) is 76.0 Å². The van der Waals surface area contributed by atoms with E-state index in [1.54, 1.807) is 17.0 Å². The minimum absolute atomic E-state index is 0.0928. The summed E-state index contributed by atoms with van der Waals surface area (Å²) in [6, 6.07) is 9.28. The van der Waals surface area contributed by atoms with Crippen LogP contribution in [0.2, 0.25) is 0 Å². The van der Waals surface area contributed by atoms with Gasteiger partial charge in [0.1, 0.15) is 18.4 Å². The van der Waals surface area contributed by atoms with Crippen molar-refractivity contribution in [3.63, 3.8) is 0 Å². The molecule has 1 aliphatic heterocycles. The maximum Gasteiger partial charge on any atom is 0.242 e. The molecular formula is C17H20N4O2. The van der Waals surface area contributed by atoms with Gasteiger partial charge in [0.2, 0.25) is 11.8 Å².